The summed E-state index contributed by atoms with van der Waals surface area (Å²) in [5.74, 6) is 0. The number of likely N-dealkylation sites (N-methyl/N-ethyl adjacent to an activating group) is 6. The van der Waals surface area contributed by atoms with E-state index in [1.54, 1.807) is 9.80 Å². The Morgan fingerprint density at radius 1 is 0.393 bits per heavy atom. The van der Waals surface area contributed by atoms with Crippen LogP contribution < -0.4 is 39.4 Å². The van der Waals surface area contributed by atoms with Crippen molar-refractivity contribution in [2.45, 2.75) is 174 Å². The van der Waals surface area contributed by atoms with E-state index in [0.717, 1.165) is 26.2 Å². The summed E-state index contributed by atoms with van der Waals surface area (Å²) in [6.45, 7) is 36.3. The molecule has 3 fully saturated rings. The van der Waals surface area contributed by atoms with Gasteiger partial charge in [-0.1, -0.05) is 141 Å². The molecule has 9 nitrogen and oxygen atoms in total. The van der Waals surface area contributed by atoms with E-state index in [2.05, 4.69) is 173 Å². The van der Waals surface area contributed by atoms with Crippen molar-refractivity contribution in [1.29, 1.82) is 0 Å². The van der Waals surface area contributed by atoms with Crippen molar-refractivity contribution in [1.82, 2.24) is 19.6 Å². The van der Waals surface area contributed by atoms with Crippen LogP contribution in [0.2, 0.25) is 0 Å². The van der Waals surface area contributed by atoms with Gasteiger partial charge in [0.2, 0.25) is 0 Å². The molecular weight excluding hydrogens is 714 g/mol. The Bertz CT molecular complexity index is 768. The maximum atomic E-state index is 4.75. The summed E-state index contributed by atoms with van der Waals surface area (Å²) in [5.41, 5.74) is 1.43. The van der Waals surface area contributed by atoms with Crippen LogP contribution in [0, 0.1) is 0 Å². The third kappa shape index (κ3) is 40.8. The molecule has 0 aliphatic carbocycles. The molecule has 0 radical (unpaired) electrons. The zero-order valence-corrected chi connectivity index (χ0v) is 46.3. The van der Waals surface area contributed by atoms with Gasteiger partial charge in [0.25, 0.3) is 0 Å². The van der Waals surface area contributed by atoms with E-state index in [1.807, 2.05) is 0 Å². The molecular formula is C45H102MgN9Na+2. The number of quaternary nitrogens is 2. The van der Waals surface area contributed by atoms with Crippen molar-refractivity contribution in [3.8, 4) is 0 Å². The molecule has 1 unspecified atom stereocenters. The Balaban J connectivity index is -0.000000300. The standard InChI is InChI=1S/2C9H23N3.3C9H18N.Mg.Na/c2*1-10(2)6-8-12(5)9-7-11(3)4;3*1-8(2)6-5-7-9(3,4)10-8;;/h2*6-9H2,1-5H3;3*5-7H2,1-4H3;;/q;;3*-1;+2;+1/p+2. The van der Waals surface area contributed by atoms with E-state index in [9.17, 15) is 0 Å². The van der Waals surface area contributed by atoms with Crippen molar-refractivity contribution >= 4 is 23.1 Å². The molecule has 56 heavy (non-hydrogen) atoms. The molecule has 0 aromatic rings. The van der Waals surface area contributed by atoms with Gasteiger partial charge in [-0.25, -0.2) is 0 Å². The number of rotatable bonds is 12. The summed E-state index contributed by atoms with van der Waals surface area (Å²) in [6.07, 6.45) is 11.6. The summed E-state index contributed by atoms with van der Waals surface area (Å²) >= 11 is 0. The minimum absolute atomic E-state index is 0. The molecule has 2 N–H and O–H groups in total. The van der Waals surface area contributed by atoms with Gasteiger partial charge in [-0.2, -0.15) is 0 Å². The molecule has 3 saturated heterocycles. The average molecular weight is 817 g/mol. The monoisotopic (exact) mass is 816 g/mol. The Hall–Kier alpha value is 1.41. The first-order valence-electron chi connectivity index (χ1n) is 21.7. The van der Waals surface area contributed by atoms with Gasteiger partial charge in [0.15, 0.2) is 0 Å². The molecule has 0 bridgehead atoms. The van der Waals surface area contributed by atoms with Gasteiger partial charge in [0, 0.05) is 32.7 Å². The second-order valence-corrected chi connectivity index (χ2v) is 21.9. The number of piperidine rings is 3. The Labute approximate surface area is 392 Å². The molecule has 0 aromatic heterocycles. The number of hydrogen-bond donors (Lipinski definition) is 2. The molecule has 0 aromatic carbocycles. The molecule has 3 aliphatic heterocycles. The van der Waals surface area contributed by atoms with Gasteiger partial charge in [-0.3, -0.25) is 0 Å². The summed E-state index contributed by atoms with van der Waals surface area (Å²) in [7, 11) is 21.6. The van der Waals surface area contributed by atoms with Crippen LogP contribution in [0.1, 0.15) is 141 Å². The molecule has 0 amide bonds. The van der Waals surface area contributed by atoms with Crippen molar-refractivity contribution < 1.29 is 39.4 Å². The zero-order chi connectivity index (χ0) is 42.6. The SMILES string of the molecule is CC1(C)CCCC(C)(C)[N-]1.CC1(C)CCCC(C)(C)[N-]1.CC1(C)CCCC(C)(C)[N-]1.CN(C)CCN(C)CCN(C)C.CN(C)CC[NH+](C)CC[NH+](C)C.[Mg+2].[Na+]. The fourth-order valence-electron chi connectivity index (χ4n) is 7.51. The Kier molecular flexibility index (Phi) is 34.8. The molecule has 3 heterocycles. The second kappa shape index (κ2) is 30.5. The summed E-state index contributed by atoms with van der Waals surface area (Å²) in [5, 5.41) is 14.2. The van der Waals surface area contributed by atoms with E-state index < -0.39 is 0 Å². The first-order valence-corrected chi connectivity index (χ1v) is 21.7. The first-order chi connectivity index (χ1) is 24.3. The fraction of sp³-hybridized carbons (Fsp3) is 1.00. The third-order valence-corrected chi connectivity index (χ3v) is 10.4. The van der Waals surface area contributed by atoms with Crippen LogP contribution in [-0.4, -0.2) is 199 Å². The summed E-state index contributed by atoms with van der Waals surface area (Å²) in [4.78, 5) is 12.2. The zero-order valence-electron chi connectivity index (χ0n) is 42.9. The van der Waals surface area contributed by atoms with Gasteiger partial charge < -0.3 is 45.3 Å². The van der Waals surface area contributed by atoms with Gasteiger partial charge in [0.05, 0.1) is 27.7 Å². The predicted molar refractivity (Wildman–Crippen MR) is 249 cm³/mol. The van der Waals surface area contributed by atoms with Crippen LogP contribution in [-0.2, 0) is 0 Å². The van der Waals surface area contributed by atoms with Crippen molar-refractivity contribution in [2.75, 3.05) is 123 Å². The Morgan fingerprint density at radius 2 is 0.643 bits per heavy atom. The van der Waals surface area contributed by atoms with E-state index in [1.165, 1.54) is 84.0 Å². The van der Waals surface area contributed by atoms with Crippen LogP contribution >= 0.6 is 0 Å². The van der Waals surface area contributed by atoms with Crippen LogP contribution in [0.5, 0.6) is 0 Å². The quantitative estimate of drug-likeness (QED) is 0.298. The van der Waals surface area contributed by atoms with Gasteiger partial charge in [-0.05, 0) is 49.3 Å². The van der Waals surface area contributed by atoms with Crippen molar-refractivity contribution in [3.63, 3.8) is 0 Å². The van der Waals surface area contributed by atoms with E-state index in [-0.39, 0.29) is 85.8 Å². The number of nitrogens with zero attached hydrogens (tertiary/aromatic N) is 7. The van der Waals surface area contributed by atoms with Crippen LogP contribution in [0.25, 0.3) is 16.0 Å². The molecule has 328 valence electrons. The van der Waals surface area contributed by atoms with E-state index in [0.29, 0.717) is 0 Å². The van der Waals surface area contributed by atoms with Crippen LogP contribution in [0.15, 0.2) is 0 Å². The molecule has 11 heteroatoms. The predicted octanol–water partition coefficient (Wildman–Crippen LogP) is 3.18. The minimum Gasteiger partial charge on any atom is -0.652 e. The van der Waals surface area contributed by atoms with Crippen molar-refractivity contribution in [3.05, 3.63) is 16.0 Å². The maximum absolute atomic E-state index is 4.75. The molecule has 3 aliphatic rings. The largest absolute Gasteiger partial charge is 2.00 e. The second-order valence-electron chi connectivity index (χ2n) is 21.9. The maximum Gasteiger partial charge on any atom is 2.00 e. The van der Waals surface area contributed by atoms with Crippen molar-refractivity contribution in [2.24, 2.45) is 0 Å². The Morgan fingerprint density at radius 3 is 0.821 bits per heavy atom. The topological polar surface area (TPSA) is 64.1 Å². The normalized spacial score (nSPS) is 21.7. The molecule has 0 saturated carbocycles. The molecule has 3 rings (SSSR count). The average Bonchev–Trinajstić information content (AvgIpc) is 2.94. The first kappa shape index (κ1) is 64.0. The smallest absolute Gasteiger partial charge is 0.652 e. The van der Waals surface area contributed by atoms with Crippen LogP contribution in [0.3, 0.4) is 0 Å². The molecule has 1 atom stereocenters. The van der Waals surface area contributed by atoms with E-state index in [4.69, 9.17) is 16.0 Å². The third-order valence-electron chi connectivity index (χ3n) is 10.4. The van der Waals surface area contributed by atoms with Gasteiger partial charge in [0.1, 0.15) is 13.1 Å². The fourth-order valence-corrected chi connectivity index (χ4v) is 7.51. The van der Waals surface area contributed by atoms with E-state index >= 15 is 0 Å². The summed E-state index contributed by atoms with van der Waals surface area (Å²) < 4.78 is 0. The van der Waals surface area contributed by atoms with Crippen LogP contribution in [0.4, 0.5) is 0 Å². The van der Waals surface area contributed by atoms with Gasteiger partial charge in [-0.15, -0.1) is 33.2 Å². The summed E-state index contributed by atoms with van der Waals surface area (Å²) in [6, 6.07) is 0. The minimum atomic E-state index is 0. The van der Waals surface area contributed by atoms with Gasteiger partial charge >= 0.3 is 52.6 Å². The number of nitrogens with one attached hydrogen (secondary N) is 2. The molecule has 0 spiro atoms. The number of hydrogen-bond acceptors (Lipinski definition) is 4.